The van der Waals surface area contributed by atoms with E-state index in [0.717, 1.165) is 55.7 Å². The number of aromatic nitrogens is 1. The normalized spacial score (nSPS) is 17.5. The fraction of sp³-hybridized carbons (Fsp3) is 0.524. The SMILES string of the molecule is CN=C(NCCc1sc(C)nc1C)N1CCC(COCc2ccccc2)C1. The van der Waals surface area contributed by atoms with E-state index in [0.29, 0.717) is 12.5 Å². The van der Waals surface area contributed by atoms with E-state index in [-0.39, 0.29) is 0 Å². The van der Waals surface area contributed by atoms with Gasteiger partial charge in [0.25, 0.3) is 0 Å². The van der Waals surface area contributed by atoms with E-state index in [4.69, 9.17) is 4.74 Å². The number of hydrogen-bond donors (Lipinski definition) is 1. The van der Waals surface area contributed by atoms with Gasteiger partial charge in [-0.2, -0.15) is 0 Å². The average Bonchev–Trinajstić information content (AvgIpc) is 3.26. The second-order valence-electron chi connectivity index (χ2n) is 7.07. The lowest BCUT2D eigenvalue weighted by molar-refractivity contribution is 0.0907. The number of rotatable bonds is 7. The minimum absolute atomic E-state index is 0.568. The summed E-state index contributed by atoms with van der Waals surface area (Å²) in [6.45, 7) is 8.59. The first-order valence-electron chi connectivity index (χ1n) is 9.66. The monoisotopic (exact) mass is 386 g/mol. The maximum Gasteiger partial charge on any atom is 0.193 e. The molecule has 1 aliphatic rings. The van der Waals surface area contributed by atoms with E-state index in [1.54, 1.807) is 11.3 Å². The Morgan fingerprint density at radius 2 is 2.15 bits per heavy atom. The number of thiazole rings is 1. The number of hydrogen-bond acceptors (Lipinski definition) is 4. The first-order chi connectivity index (χ1) is 13.2. The minimum Gasteiger partial charge on any atom is -0.376 e. The number of aliphatic imine (C=N–C) groups is 1. The van der Waals surface area contributed by atoms with E-state index in [9.17, 15) is 0 Å². The quantitative estimate of drug-likeness (QED) is 0.585. The van der Waals surface area contributed by atoms with Gasteiger partial charge in [0.05, 0.1) is 23.9 Å². The Kier molecular flexibility index (Phi) is 7.24. The van der Waals surface area contributed by atoms with Gasteiger partial charge >= 0.3 is 0 Å². The minimum atomic E-state index is 0.568. The maximum absolute atomic E-state index is 5.93. The second kappa shape index (κ2) is 9.85. The second-order valence-corrected chi connectivity index (χ2v) is 8.35. The van der Waals surface area contributed by atoms with Crippen LogP contribution in [0.3, 0.4) is 0 Å². The molecular weight excluding hydrogens is 356 g/mol. The van der Waals surface area contributed by atoms with Gasteiger partial charge in [-0.1, -0.05) is 30.3 Å². The van der Waals surface area contributed by atoms with E-state index < -0.39 is 0 Å². The van der Waals surface area contributed by atoms with E-state index in [1.165, 1.54) is 10.4 Å². The van der Waals surface area contributed by atoms with Gasteiger partial charge in [-0.25, -0.2) is 4.98 Å². The molecule has 1 aromatic heterocycles. The molecule has 1 fully saturated rings. The Morgan fingerprint density at radius 3 is 2.85 bits per heavy atom. The number of nitrogens with one attached hydrogen (secondary N) is 1. The summed E-state index contributed by atoms with van der Waals surface area (Å²) < 4.78 is 5.93. The molecule has 146 valence electrons. The zero-order valence-electron chi connectivity index (χ0n) is 16.6. The molecule has 1 atom stereocenters. The van der Waals surface area contributed by atoms with E-state index in [2.05, 4.69) is 58.3 Å². The number of nitrogens with zero attached hydrogens (tertiary/aromatic N) is 3. The molecule has 0 spiro atoms. The predicted octanol–water partition coefficient (Wildman–Crippen LogP) is 3.42. The molecule has 2 heterocycles. The van der Waals surface area contributed by atoms with Crippen molar-refractivity contribution in [3.8, 4) is 0 Å². The van der Waals surface area contributed by atoms with Crippen molar-refractivity contribution >= 4 is 17.3 Å². The maximum atomic E-state index is 5.93. The fourth-order valence-electron chi connectivity index (χ4n) is 3.50. The number of benzene rings is 1. The third-order valence-electron chi connectivity index (χ3n) is 4.90. The number of likely N-dealkylation sites (tertiary alicyclic amines) is 1. The van der Waals surface area contributed by atoms with Crippen LogP contribution in [0.4, 0.5) is 0 Å². The van der Waals surface area contributed by atoms with Crippen molar-refractivity contribution in [3.05, 3.63) is 51.5 Å². The fourth-order valence-corrected chi connectivity index (χ4v) is 4.44. The Morgan fingerprint density at radius 1 is 1.33 bits per heavy atom. The van der Waals surface area contributed by atoms with Crippen LogP contribution >= 0.6 is 11.3 Å². The molecule has 1 aliphatic heterocycles. The van der Waals surface area contributed by atoms with Crippen molar-refractivity contribution in [2.45, 2.75) is 33.3 Å². The zero-order valence-corrected chi connectivity index (χ0v) is 17.4. The third kappa shape index (κ3) is 5.78. The number of ether oxygens (including phenoxy) is 1. The van der Waals surface area contributed by atoms with Gasteiger partial charge in [0.2, 0.25) is 0 Å². The summed E-state index contributed by atoms with van der Waals surface area (Å²) in [4.78, 5) is 12.7. The highest BCUT2D eigenvalue weighted by Gasteiger charge is 2.24. The van der Waals surface area contributed by atoms with Gasteiger partial charge < -0.3 is 15.0 Å². The van der Waals surface area contributed by atoms with Crippen molar-refractivity contribution < 1.29 is 4.74 Å². The Balaban J connectivity index is 1.39. The van der Waals surface area contributed by atoms with Gasteiger partial charge in [0.1, 0.15) is 0 Å². The highest BCUT2D eigenvalue weighted by atomic mass is 32.1. The zero-order chi connectivity index (χ0) is 19.1. The number of aryl methyl sites for hydroxylation is 2. The molecular formula is C21H30N4OS. The van der Waals surface area contributed by atoms with Crippen LogP contribution in [0, 0.1) is 19.8 Å². The smallest absolute Gasteiger partial charge is 0.193 e. The molecule has 1 unspecified atom stereocenters. The molecule has 1 aromatic carbocycles. The Labute approximate surface area is 166 Å². The molecule has 2 aromatic rings. The van der Waals surface area contributed by atoms with Crippen molar-refractivity contribution in [1.82, 2.24) is 15.2 Å². The first kappa shape index (κ1) is 19.8. The summed E-state index contributed by atoms with van der Waals surface area (Å²) in [5, 5.41) is 4.66. The van der Waals surface area contributed by atoms with Gasteiger partial charge in [0, 0.05) is 43.9 Å². The van der Waals surface area contributed by atoms with Crippen LogP contribution in [0.15, 0.2) is 35.3 Å². The highest BCUT2D eigenvalue weighted by molar-refractivity contribution is 7.11. The summed E-state index contributed by atoms with van der Waals surface area (Å²) in [6.07, 6.45) is 2.15. The van der Waals surface area contributed by atoms with Crippen LogP contribution in [0.25, 0.3) is 0 Å². The van der Waals surface area contributed by atoms with Crippen LogP contribution in [-0.2, 0) is 17.8 Å². The molecule has 0 amide bonds. The van der Waals surface area contributed by atoms with Crippen molar-refractivity contribution in [1.29, 1.82) is 0 Å². The van der Waals surface area contributed by atoms with E-state index >= 15 is 0 Å². The summed E-state index contributed by atoms with van der Waals surface area (Å²) in [6, 6.07) is 10.4. The standard InChI is InChI=1S/C21H30N4OS/c1-16-20(27-17(2)24-16)9-11-23-21(22-3)25-12-10-19(13-25)15-26-14-18-7-5-4-6-8-18/h4-8,19H,9-15H2,1-3H3,(H,22,23). The summed E-state index contributed by atoms with van der Waals surface area (Å²) in [7, 11) is 1.86. The Bertz CT molecular complexity index is 744. The van der Waals surface area contributed by atoms with Gasteiger partial charge in [0.15, 0.2) is 5.96 Å². The van der Waals surface area contributed by atoms with Crippen molar-refractivity contribution in [2.24, 2.45) is 10.9 Å². The lowest BCUT2D eigenvalue weighted by Gasteiger charge is -2.21. The van der Waals surface area contributed by atoms with E-state index in [1.807, 2.05) is 13.1 Å². The average molecular weight is 387 g/mol. The Hall–Kier alpha value is -1.92. The predicted molar refractivity (Wildman–Crippen MR) is 112 cm³/mol. The van der Waals surface area contributed by atoms with Gasteiger partial charge in [-0.05, 0) is 25.8 Å². The van der Waals surface area contributed by atoms with Crippen LogP contribution in [0.5, 0.6) is 0 Å². The molecule has 0 bridgehead atoms. The molecule has 6 heteroatoms. The molecule has 0 saturated carbocycles. The molecule has 1 saturated heterocycles. The molecule has 27 heavy (non-hydrogen) atoms. The number of guanidine groups is 1. The van der Waals surface area contributed by atoms with Gasteiger partial charge in [-0.3, -0.25) is 4.99 Å². The highest BCUT2D eigenvalue weighted by Crippen LogP contribution is 2.19. The molecule has 0 aliphatic carbocycles. The van der Waals surface area contributed by atoms with Crippen LogP contribution < -0.4 is 5.32 Å². The van der Waals surface area contributed by atoms with Crippen LogP contribution in [-0.4, -0.2) is 49.1 Å². The summed E-state index contributed by atoms with van der Waals surface area (Å²) in [5.41, 5.74) is 2.39. The molecule has 0 radical (unpaired) electrons. The van der Waals surface area contributed by atoms with Crippen LogP contribution in [0.2, 0.25) is 0 Å². The van der Waals surface area contributed by atoms with Crippen molar-refractivity contribution in [2.75, 3.05) is 33.3 Å². The molecule has 5 nitrogen and oxygen atoms in total. The van der Waals surface area contributed by atoms with Gasteiger partial charge in [-0.15, -0.1) is 11.3 Å². The third-order valence-corrected chi connectivity index (χ3v) is 6.03. The lowest BCUT2D eigenvalue weighted by atomic mass is 10.1. The molecule has 3 rings (SSSR count). The van der Waals surface area contributed by atoms with Crippen LogP contribution in [0.1, 0.15) is 27.6 Å². The molecule has 1 N–H and O–H groups in total. The van der Waals surface area contributed by atoms with Crippen molar-refractivity contribution in [3.63, 3.8) is 0 Å². The summed E-state index contributed by atoms with van der Waals surface area (Å²) >= 11 is 1.79. The summed E-state index contributed by atoms with van der Waals surface area (Å²) in [5.74, 6) is 1.57. The topological polar surface area (TPSA) is 49.8 Å². The first-order valence-corrected chi connectivity index (χ1v) is 10.5. The lowest BCUT2D eigenvalue weighted by Crippen LogP contribution is -2.41. The largest absolute Gasteiger partial charge is 0.376 e.